The fourth-order valence-corrected chi connectivity index (χ4v) is 3.61. The summed E-state index contributed by atoms with van der Waals surface area (Å²) in [6, 6.07) is 18.0. The first-order valence-electron chi connectivity index (χ1n) is 10.2. The van der Waals surface area contributed by atoms with Crippen molar-refractivity contribution in [2.24, 2.45) is 10.2 Å². The van der Waals surface area contributed by atoms with Crippen LogP contribution in [0.3, 0.4) is 0 Å². The zero-order valence-corrected chi connectivity index (χ0v) is 19.0. The van der Waals surface area contributed by atoms with Gasteiger partial charge in [-0.1, -0.05) is 48.0 Å². The molecule has 0 aliphatic heterocycles. The number of aromatic hydroxyl groups is 1. The number of benzene rings is 4. The van der Waals surface area contributed by atoms with E-state index in [2.05, 4.69) is 15.5 Å². The zero-order chi connectivity index (χ0) is 24.4. The minimum atomic E-state index is -0.545. The molecule has 9 heteroatoms. The van der Waals surface area contributed by atoms with E-state index in [-0.39, 0.29) is 28.4 Å². The number of nitro groups is 1. The van der Waals surface area contributed by atoms with Crippen molar-refractivity contribution in [2.75, 3.05) is 5.32 Å². The molecule has 0 bridgehead atoms. The molecule has 0 atom stereocenters. The number of rotatable bonds is 5. The first-order valence-corrected chi connectivity index (χ1v) is 10.6. The number of azo groups is 1. The Kier molecular flexibility index (Phi) is 6.25. The highest BCUT2D eigenvalue weighted by Gasteiger charge is 2.19. The third-order valence-electron chi connectivity index (χ3n) is 5.35. The Balaban J connectivity index is 1.80. The van der Waals surface area contributed by atoms with E-state index in [4.69, 9.17) is 11.6 Å². The second kappa shape index (κ2) is 9.29. The number of phenols is 1. The predicted octanol–water partition coefficient (Wildman–Crippen LogP) is 7.39. The van der Waals surface area contributed by atoms with Crippen molar-refractivity contribution in [2.45, 2.75) is 13.8 Å². The number of nitrogens with zero attached hydrogens (tertiary/aromatic N) is 3. The van der Waals surface area contributed by atoms with Crippen LogP contribution in [0.1, 0.15) is 21.5 Å². The number of hydrogen-bond donors (Lipinski definition) is 2. The highest BCUT2D eigenvalue weighted by molar-refractivity contribution is 6.31. The monoisotopic (exact) mass is 474 g/mol. The third-order valence-corrected chi connectivity index (χ3v) is 5.58. The Morgan fingerprint density at radius 3 is 2.50 bits per heavy atom. The predicted molar refractivity (Wildman–Crippen MR) is 132 cm³/mol. The van der Waals surface area contributed by atoms with Crippen molar-refractivity contribution in [1.29, 1.82) is 0 Å². The highest BCUT2D eigenvalue weighted by atomic mass is 35.5. The number of anilines is 1. The van der Waals surface area contributed by atoms with E-state index in [1.807, 2.05) is 6.92 Å². The maximum Gasteiger partial charge on any atom is 0.271 e. The Morgan fingerprint density at radius 2 is 1.74 bits per heavy atom. The molecule has 0 aliphatic rings. The second-order valence-electron chi connectivity index (χ2n) is 7.68. The summed E-state index contributed by atoms with van der Waals surface area (Å²) in [6.45, 7) is 3.57. The van der Waals surface area contributed by atoms with E-state index >= 15 is 0 Å². The molecule has 0 radical (unpaired) electrons. The molecule has 1 amide bonds. The summed E-state index contributed by atoms with van der Waals surface area (Å²) in [6.07, 6.45) is 0. The van der Waals surface area contributed by atoms with Gasteiger partial charge in [-0.15, -0.1) is 10.2 Å². The average molecular weight is 475 g/mol. The maximum atomic E-state index is 13.1. The largest absolute Gasteiger partial charge is 0.505 e. The van der Waals surface area contributed by atoms with Gasteiger partial charge in [-0.2, -0.15) is 0 Å². The number of aryl methyl sites for hydroxylation is 2. The lowest BCUT2D eigenvalue weighted by molar-refractivity contribution is -0.384. The molecule has 4 rings (SSSR count). The molecule has 2 N–H and O–H groups in total. The Labute approximate surface area is 199 Å². The van der Waals surface area contributed by atoms with Crippen molar-refractivity contribution in [3.63, 3.8) is 0 Å². The van der Waals surface area contributed by atoms with Gasteiger partial charge in [-0.3, -0.25) is 14.9 Å². The van der Waals surface area contributed by atoms with Crippen LogP contribution < -0.4 is 5.32 Å². The fourth-order valence-electron chi connectivity index (χ4n) is 3.43. The van der Waals surface area contributed by atoms with Crippen LogP contribution in [0.4, 0.5) is 22.7 Å². The van der Waals surface area contributed by atoms with Gasteiger partial charge in [0.1, 0.15) is 5.69 Å². The molecular weight excluding hydrogens is 456 g/mol. The quantitative estimate of drug-likeness (QED) is 0.178. The van der Waals surface area contributed by atoms with Crippen molar-refractivity contribution in [3.05, 3.63) is 98.6 Å². The lowest BCUT2D eigenvalue weighted by atomic mass is 10.0. The number of phenolic OH excluding ortho intramolecular Hbond substituents is 1. The first-order chi connectivity index (χ1) is 16.2. The van der Waals surface area contributed by atoms with E-state index in [0.717, 1.165) is 5.56 Å². The van der Waals surface area contributed by atoms with Gasteiger partial charge in [-0.05, 0) is 48.6 Å². The maximum absolute atomic E-state index is 13.1. The van der Waals surface area contributed by atoms with E-state index < -0.39 is 10.8 Å². The summed E-state index contributed by atoms with van der Waals surface area (Å²) < 4.78 is 0. The van der Waals surface area contributed by atoms with Crippen LogP contribution in [0.25, 0.3) is 10.8 Å². The van der Waals surface area contributed by atoms with Gasteiger partial charge in [-0.25, -0.2) is 0 Å². The summed E-state index contributed by atoms with van der Waals surface area (Å²) in [5.41, 5.74) is 2.23. The molecule has 0 saturated carbocycles. The van der Waals surface area contributed by atoms with Crippen LogP contribution >= 0.6 is 11.6 Å². The van der Waals surface area contributed by atoms with Gasteiger partial charge in [0.2, 0.25) is 0 Å². The third kappa shape index (κ3) is 4.57. The molecular formula is C25H19ClN4O4. The Morgan fingerprint density at radius 1 is 1.00 bits per heavy atom. The van der Waals surface area contributed by atoms with Crippen molar-refractivity contribution in [1.82, 2.24) is 0 Å². The SMILES string of the molecule is Cc1ccc([N+](=O)[O-])cc1N=Nc1c(O)c(C(=O)Nc2cc(Cl)ccc2C)cc2ccccc12. The molecule has 0 heterocycles. The number of nitro benzene ring substituents is 1. The molecule has 0 aromatic heterocycles. The summed E-state index contributed by atoms with van der Waals surface area (Å²) in [5.74, 6) is -0.903. The highest BCUT2D eigenvalue weighted by Crippen LogP contribution is 2.40. The molecule has 34 heavy (non-hydrogen) atoms. The number of amides is 1. The number of halogens is 1. The van der Waals surface area contributed by atoms with E-state index in [9.17, 15) is 20.0 Å². The van der Waals surface area contributed by atoms with E-state index in [0.29, 0.717) is 27.0 Å². The van der Waals surface area contributed by atoms with Crippen LogP contribution in [0.5, 0.6) is 5.75 Å². The van der Waals surface area contributed by atoms with E-state index in [1.54, 1.807) is 61.5 Å². The smallest absolute Gasteiger partial charge is 0.271 e. The number of hydrogen-bond acceptors (Lipinski definition) is 6. The summed E-state index contributed by atoms with van der Waals surface area (Å²) in [5, 5.41) is 34.9. The number of nitrogens with one attached hydrogen (secondary N) is 1. The van der Waals surface area contributed by atoms with Gasteiger partial charge < -0.3 is 10.4 Å². The minimum absolute atomic E-state index is 0.00258. The second-order valence-corrected chi connectivity index (χ2v) is 8.12. The molecule has 0 fully saturated rings. The first kappa shape index (κ1) is 22.9. The van der Waals surface area contributed by atoms with Crippen LogP contribution in [-0.2, 0) is 0 Å². The van der Waals surface area contributed by atoms with Crippen molar-refractivity contribution < 1.29 is 14.8 Å². The number of carbonyl (C=O) groups is 1. The molecule has 4 aromatic carbocycles. The molecule has 170 valence electrons. The van der Waals surface area contributed by atoms with Crippen molar-refractivity contribution >= 4 is 51.0 Å². The molecule has 4 aromatic rings. The molecule has 0 saturated heterocycles. The summed E-state index contributed by atoms with van der Waals surface area (Å²) >= 11 is 6.05. The number of fused-ring (bicyclic) bond motifs is 1. The van der Waals surface area contributed by atoms with E-state index in [1.165, 1.54) is 12.1 Å². The van der Waals surface area contributed by atoms with Gasteiger partial charge in [0.05, 0.1) is 16.2 Å². The Hall–Kier alpha value is -4.30. The van der Waals surface area contributed by atoms with Gasteiger partial charge in [0.25, 0.3) is 11.6 Å². The standard InChI is InChI=1S/C25H19ClN4O4/c1-14-7-9-17(26)12-21(14)27-25(32)20-11-16-5-3-4-6-19(16)23(24(20)31)29-28-22-13-18(30(33)34)10-8-15(22)2/h3-13,31H,1-2H3,(H,27,32). The molecule has 0 aliphatic carbocycles. The topological polar surface area (TPSA) is 117 Å². The average Bonchev–Trinajstić information content (AvgIpc) is 2.81. The lowest BCUT2D eigenvalue weighted by Gasteiger charge is -2.12. The normalized spacial score (nSPS) is 11.1. The van der Waals surface area contributed by atoms with Crippen LogP contribution in [0.15, 0.2) is 77.0 Å². The Bertz CT molecular complexity index is 1480. The zero-order valence-electron chi connectivity index (χ0n) is 18.2. The van der Waals surface area contributed by atoms with Crippen molar-refractivity contribution in [3.8, 4) is 5.75 Å². The van der Waals surface area contributed by atoms with Crippen LogP contribution in [0, 0.1) is 24.0 Å². The van der Waals surface area contributed by atoms with Gasteiger partial charge in [0.15, 0.2) is 5.75 Å². The molecule has 0 unspecified atom stereocenters. The number of non-ortho nitro benzene ring substituents is 1. The molecule has 8 nitrogen and oxygen atoms in total. The van der Waals surface area contributed by atoms with Crippen LogP contribution in [-0.4, -0.2) is 15.9 Å². The van der Waals surface area contributed by atoms with Crippen LogP contribution in [0.2, 0.25) is 5.02 Å². The fraction of sp³-hybridized carbons (Fsp3) is 0.0800. The minimum Gasteiger partial charge on any atom is -0.505 e. The number of carbonyl (C=O) groups excluding carboxylic acids is 1. The van der Waals surface area contributed by atoms with Gasteiger partial charge >= 0.3 is 0 Å². The molecule has 0 spiro atoms. The lowest BCUT2D eigenvalue weighted by Crippen LogP contribution is -2.13. The summed E-state index contributed by atoms with van der Waals surface area (Å²) in [7, 11) is 0. The van der Waals surface area contributed by atoms with Gasteiger partial charge in [0, 0.05) is 28.2 Å². The summed E-state index contributed by atoms with van der Waals surface area (Å²) in [4.78, 5) is 23.7.